The number of rotatable bonds is 9. The molecule has 1 aliphatic carbocycles. The first-order valence-corrected chi connectivity index (χ1v) is 12.7. The van der Waals surface area contributed by atoms with E-state index in [1.807, 2.05) is 0 Å². The molecule has 0 amide bonds. The van der Waals surface area contributed by atoms with E-state index in [9.17, 15) is 0 Å². The molecule has 7 nitrogen and oxygen atoms in total. The summed E-state index contributed by atoms with van der Waals surface area (Å²) in [5.74, 6) is 1.29. The molecule has 1 heterocycles. The summed E-state index contributed by atoms with van der Waals surface area (Å²) >= 11 is 0. The first-order chi connectivity index (χ1) is 17.5. The fourth-order valence-corrected chi connectivity index (χ4v) is 5.56. The molecular formula is C29H34N5O2-. The van der Waals surface area contributed by atoms with Crippen LogP contribution in [-0.4, -0.2) is 24.5 Å². The number of hydrogen-bond acceptors (Lipinski definition) is 6. The van der Waals surface area contributed by atoms with Crippen LogP contribution in [0.2, 0.25) is 0 Å². The minimum atomic E-state index is -0.0643. The maximum Gasteiger partial charge on any atom is 0.119 e. The predicted molar refractivity (Wildman–Crippen MR) is 143 cm³/mol. The molecule has 0 bridgehead atoms. The molecule has 0 saturated heterocycles. The van der Waals surface area contributed by atoms with E-state index in [0.29, 0.717) is 12.5 Å². The van der Waals surface area contributed by atoms with Crippen LogP contribution in [0.25, 0.3) is 16.6 Å². The van der Waals surface area contributed by atoms with Gasteiger partial charge in [0.1, 0.15) is 12.4 Å². The number of aliphatic hydroxyl groups excluding tert-OH is 1. The van der Waals surface area contributed by atoms with E-state index in [2.05, 4.69) is 95.9 Å². The van der Waals surface area contributed by atoms with Crippen LogP contribution in [0.4, 0.5) is 5.69 Å². The number of ether oxygens (including phenoxy) is 1. The second-order valence-electron chi connectivity index (χ2n) is 9.76. The van der Waals surface area contributed by atoms with Gasteiger partial charge in [-0.25, -0.2) is 0 Å². The first-order valence-electron chi connectivity index (χ1n) is 12.7. The van der Waals surface area contributed by atoms with Gasteiger partial charge in [0.05, 0.1) is 6.61 Å². The third-order valence-corrected chi connectivity index (χ3v) is 7.35. The summed E-state index contributed by atoms with van der Waals surface area (Å²) in [6.45, 7) is 7.54. The lowest BCUT2D eigenvalue weighted by Gasteiger charge is -2.22. The first kappa shape index (κ1) is 24.3. The number of nitrogens with one attached hydrogen (secondary N) is 2. The Balaban J connectivity index is 1.30. The van der Waals surface area contributed by atoms with E-state index in [4.69, 9.17) is 9.84 Å². The van der Waals surface area contributed by atoms with Crippen molar-refractivity contribution >= 4 is 5.69 Å². The third-order valence-electron chi connectivity index (χ3n) is 7.35. The molecule has 0 aromatic heterocycles. The summed E-state index contributed by atoms with van der Waals surface area (Å²) < 4.78 is 5.64. The molecule has 5 rings (SSSR count). The van der Waals surface area contributed by atoms with Crippen molar-refractivity contribution < 1.29 is 9.84 Å². The molecule has 2 unspecified atom stereocenters. The van der Waals surface area contributed by atoms with Gasteiger partial charge in [-0.3, -0.25) is 0 Å². The fraction of sp³-hybridized carbons (Fsp3) is 0.379. The van der Waals surface area contributed by atoms with E-state index in [-0.39, 0.29) is 12.8 Å². The molecule has 3 aromatic rings. The molecule has 3 aromatic carbocycles. The lowest BCUT2D eigenvalue weighted by molar-refractivity contribution is 0.201. The number of nitrogens with zero attached hydrogens (tertiary/aromatic N) is 3. The van der Waals surface area contributed by atoms with Crippen LogP contribution in [-0.2, 0) is 13.0 Å². The number of hydrogen-bond donors (Lipinski definition) is 3. The van der Waals surface area contributed by atoms with Crippen LogP contribution in [0.3, 0.4) is 0 Å². The van der Waals surface area contributed by atoms with Crippen LogP contribution >= 0.6 is 0 Å². The minimum Gasteiger partial charge on any atom is -0.528 e. The molecule has 36 heavy (non-hydrogen) atoms. The average Bonchev–Trinajstić information content (AvgIpc) is 3.53. The van der Waals surface area contributed by atoms with Crippen molar-refractivity contribution in [3.8, 4) is 16.9 Å². The lowest BCUT2D eigenvalue weighted by Crippen LogP contribution is -2.08. The minimum absolute atomic E-state index is 0.0139. The summed E-state index contributed by atoms with van der Waals surface area (Å²) in [6.07, 6.45) is 3.09. The van der Waals surface area contributed by atoms with Gasteiger partial charge in [-0.15, -0.1) is 0 Å². The quantitative estimate of drug-likeness (QED) is 0.334. The molecule has 0 radical (unpaired) electrons. The number of anilines is 1. The van der Waals surface area contributed by atoms with Gasteiger partial charge < -0.3 is 26.1 Å². The fourth-order valence-electron chi connectivity index (χ4n) is 5.56. The van der Waals surface area contributed by atoms with E-state index in [0.717, 1.165) is 37.2 Å². The highest BCUT2D eigenvalue weighted by Crippen LogP contribution is 2.39. The molecule has 188 valence electrons. The summed E-state index contributed by atoms with van der Waals surface area (Å²) in [5.41, 5.74) is 18.2. The molecule has 0 saturated carbocycles. The van der Waals surface area contributed by atoms with E-state index in [1.54, 1.807) is 0 Å². The zero-order valence-electron chi connectivity index (χ0n) is 21.2. The summed E-state index contributed by atoms with van der Waals surface area (Å²) in [6, 6.07) is 17.4. The van der Waals surface area contributed by atoms with Gasteiger partial charge in [-0.1, -0.05) is 29.5 Å². The van der Waals surface area contributed by atoms with Crippen LogP contribution < -0.4 is 15.6 Å². The smallest absolute Gasteiger partial charge is 0.119 e. The van der Waals surface area contributed by atoms with Gasteiger partial charge in [0, 0.05) is 12.2 Å². The Labute approximate surface area is 212 Å². The molecule has 0 spiro atoms. The molecular weight excluding hydrogens is 450 g/mol. The average molecular weight is 485 g/mol. The Kier molecular flexibility index (Phi) is 7.20. The maximum absolute atomic E-state index is 9.07. The monoisotopic (exact) mass is 484 g/mol. The highest BCUT2D eigenvalue weighted by atomic mass is 16.5. The van der Waals surface area contributed by atoms with Crippen molar-refractivity contribution in [2.24, 2.45) is 10.3 Å². The Morgan fingerprint density at radius 3 is 2.69 bits per heavy atom. The van der Waals surface area contributed by atoms with Gasteiger partial charge in [0.15, 0.2) is 0 Å². The molecule has 0 fully saturated rings. The predicted octanol–water partition coefficient (Wildman–Crippen LogP) is 6.27. The highest BCUT2D eigenvalue weighted by molar-refractivity contribution is 5.75. The van der Waals surface area contributed by atoms with Crippen molar-refractivity contribution in [3.63, 3.8) is 0 Å². The standard InChI is InChI=1S/C29H34N5O2/c1-18-13-25(36-12-11-35)14-19(2)29(18)26-6-4-5-23(20(26)3)17-30-24-9-10-27-21(15-24)7-8-22(27)16-28-31-33-34-32-28/h4-6,9-10,13-15,22,28,30,35H,7-8,11-12,16-17H2,1-3H3,(H-,31,32,33,34)/q-1. The van der Waals surface area contributed by atoms with Crippen LogP contribution in [0.5, 0.6) is 5.75 Å². The Morgan fingerprint density at radius 1 is 1.11 bits per heavy atom. The summed E-state index contributed by atoms with van der Waals surface area (Å²) in [4.78, 5) is 0. The second-order valence-corrected chi connectivity index (χ2v) is 9.76. The Hall–Kier alpha value is -3.42. The number of benzene rings is 3. The van der Waals surface area contributed by atoms with Gasteiger partial charge in [0.2, 0.25) is 0 Å². The highest BCUT2D eigenvalue weighted by Gasteiger charge is 2.24. The van der Waals surface area contributed by atoms with E-state index >= 15 is 0 Å². The lowest BCUT2D eigenvalue weighted by atomic mass is 9.90. The Bertz CT molecular complexity index is 1250. The molecule has 3 N–H and O–H groups in total. The zero-order chi connectivity index (χ0) is 25.1. The summed E-state index contributed by atoms with van der Waals surface area (Å²) in [7, 11) is 0. The van der Waals surface area contributed by atoms with Gasteiger partial charge in [0.25, 0.3) is 0 Å². The maximum atomic E-state index is 9.07. The molecule has 2 atom stereocenters. The van der Waals surface area contributed by atoms with Crippen molar-refractivity contribution in [2.45, 2.75) is 58.7 Å². The van der Waals surface area contributed by atoms with Crippen LogP contribution in [0.15, 0.2) is 58.9 Å². The molecule has 1 aliphatic heterocycles. The van der Waals surface area contributed by atoms with Gasteiger partial charge in [-0.05, 0) is 121 Å². The topological polar surface area (TPSA) is 92.3 Å². The van der Waals surface area contributed by atoms with Gasteiger partial charge in [-0.2, -0.15) is 5.11 Å². The normalized spacial score (nSPS) is 18.2. The molecule has 7 heteroatoms. The van der Waals surface area contributed by atoms with E-state index in [1.165, 1.54) is 44.5 Å². The van der Waals surface area contributed by atoms with Gasteiger partial charge >= 0.3 is 0 Å². The third kappa shape index (κ3) is 5.08. The van der Waals surface area contributed by atoms with Crippen molar-refractivity contribution in [1.82, 2.24) is 5.53 Å². The summed E-state index contributed by atoms with van der Waals surface area (Å²) in [5, 5.41) is 20.6. The Morgan fingerprint density at radius 2 is 1.94 bits per heavy atom. The largest absolute Gasteiger partial charge is 0.528 e. The number of fused-ring (bicyclic) bond motifs is 1. The van der Waals surface area contributed by atoms with Crippen LogP contribution in [0.1, 0.15) is 52.1 Å². The molecule has 2 aliphatic rings. The zero-order valence-corrected chi connectivity index (χ0v) is 21.2. The second kappa shape index (κ2) is 10.7. The number of aliphatic hydroxyl groups is 1. The SMILES string of the molecule is Cc1cc(OCCO)cc(C)c1-c1cccc(CNc2ccc3c(c2)CCC3CC2N=NN[N-]2)c1C. The van der Waals surface area contributed by atoms with Crippen molar-refractivity contribution in [3.05, 3.63) is 87.3 Å². The number of aryl methyl sites for hydroxylation is 3. The van der Waals surface area contributed by atoms with Crippen molar-refractivity contribution in [1.29, 1.82) is 0 Å². The van der Waals surface area contributed by atoms with Crippen molar-refractivity contribution in [2.75, 3.05) is 18.5 Å². The van der Waals surface area contributed by atoms with E-state index < -0.39 is 0 Å². The van der Waals surface area contributed by atoms with Crippen LogP contribution in [0, 0.1) is 20.8 Å².